The molecule has 0 N–H and O–H groups in total. The van der Waals surface area contributed by atoms with E-state index in [9.17, 15) is 0 Å². The minimum atomic E-state index is 0.232. The first kappa shape index (κ1) is 10.4. The van der Waals surface area contributed by atoms with Crippen molar-refractivity contribution in [3.63, 3.8) is 0 Å². The van der Waals surface area contributed by atoms with E-state index < -0.39 is 0 Å². The van der Waals surface area contributed by atoms with Crippen molar-refractivity contribution in [2.45, 2.75) is 17.9 Å². The number of hydrogen-bond donors (Lipinski definition) is 0. The SMILES string of the molecule is CCn1c(CI)cc2cnc(C#N)nc21. The zero-order chi connectivity index (χ0) is 10.8. The van der Waals surface area contributed by atoms with Crippen LogP contribution in [0.4, 0.5) is 0 Å². The van der Waals surface area contributed by atoms with E-state index in [1.165, 1.54) is 5.69 Å². The average Bonchev–Trinajstić information content (AvgIpc) is 2.65. The monoisotopic (exact) mass is 312 g/mol. The summed E-state index contributed by atoms with van der Waals surface area (Å²) in [4.78, 5) is 8.18. The van der Waals surface area contributed by atoms with E-state index in [4.69, 9.17) is 5.26 Å². The maximum atomic E-state index is 8.74. The van der Waals surface area contributed by atoms with Gasteiger partial charge in [-0.25, -0.2) is 9.97 Å². The Hall–Kier alpha value is -1.16. The van der Waals surface area contributed by atoms with Crippen LogP contribution in [0.25, 0.3) is 11.0 Å². The van der Waals surface area contributed by atoms with Crippen molar-refractivity contribution in [3.05, 3.63) is 23.8 Å². The van der Waals surface area contributed by atoms with Crippen molar-refractivity contribution in [2.75, 3.05) is 0 Å². The lowest BCUT2D eigenvalue weighted by Crippen LogP contribution is -2.00. The Balaban J connectivity index is 2.74. The molecule has 2 rings (SSSR count). The number of fused-ring (bicyclic) bond motifs is 1. The molecule has 0 aliphatic carbocycles. The molecule has 76 valence electrons. The molecule has 0 bridgehead atoms. The molecule has 4 nitrogen and oxygen atoms in total. The number of nitrogens with zero attached hydrogens (tertiary/aromatic N) is 4. The van der Waals surface area contributed by atoms with Crippen LogP contribution >= 0.6 is 22.6 Å². The fraction of sp³-hybridized carbons (Fsp3) is 0.300. The van der Waals surface area contributed by atoms with Crippen molar-refractivity contribution in [2.24, 2.45) is 0 Å². The zero-order valence-corrected chi connectivity index (χ0v) is 10.4. The first-order chi connectivity index (χ1) is 7.30. The van der Waals surface area contributed by atoms with E-state index in [1.54, 1.807) is 6.20 Å². The Labute approximate surface area is 101 Å². The molecule has 0 spiro atoms. The second kappa shape index (κ2) is 4.14. The van der Waals surface area contributed by atoms with Gasteiger partial charge in [-0.2, -0.15) is 5.26 Å². The Kier molecular flexibility index (Phi) is 2.86. The lowest BCUT2D eigenvalue weighted by molar-refractivity contribution is 0.757. The van der Waals surface area contributed by atoms with Crippen LogP contribution in [0.5, 0.6) is 0 Å². The summed E-state index contributed by atoms with van der Waals surface area (Å²) in [6.45, 7) is 2.94. The number of hydrogen-bond acceptors (Lipinski definition) is 3. The van der Waals surface area contributed by atoms with Crippen LogP contribution in [-0.2, 0) is 11.0 Å². The molecule has 15 heavy (non-hydrogen) atoms. The summed E-state index contributed by atoms with van der Waals surface area (Å²) in [5.41, 5.74) is 2.08. The summed E-state index contributed by atoms with van der Waals surface area (Å²) in [5.74, 6) is 0.232. The normalized spacial score (nSPS) is 10.5. The van der Waals surface area contributed by atoms with Crippen LogP contribution < -0.4 is 0 Å². The topological polar surface area (TPSA) is 54.5 Å². The highest BCUT2D eigenvalue weighted by Crippen LogP contribution is 2.19. The van der Waals surface area contributed by atoms with E-state index in [2.05, 4.69) is 50.1 Å². The standard InChI is InChI=1S/C10H9IN4/c1-2-15-8(4-11)3-7-6-13-9(5-12)14-10(7)15/h3,6H,2,4H2,1H3. The summed E-state index contributed by atoms with van der Waals surface area (Å²) in [5, 5.41) is 9.74. The van der Waals surface area contributed by atoms with Crippen molar-refractivity contribution in [1.82, 2.24) is 14.5 Å². The smallest absolute Gasteiger partial charge is 0.234 e. The van der Waals surface area contributed by atoms with Crippen molar-refractivity contribution in [1.29, 1.82) is 5.26 Å². The lowest BCUT2D eigenvalue weighted by Gasteiger charge is -2.03. The average molecular weight is 312 g/mol. The van der Waals surface area contributed by atoms with Gasteiger partial charge in [0.15, 0.2) is 0 Å². The summed E-state index contributed by atoms with van der Waals surface area (Å²) in [6, 6.07) is 4.04. The molecular formula is C10H9IN4. The number of aromatic nitrogens is 3. The van der Waals surface area contributed by atoms with Gasteiger partial charge in [0.2, 0.25) is 5.82 Å². The predicted octanol–water partition coefficient (Wildman–Crippen LogP) is 2.26. The second-order valence-electron chi connectivity index (χ2n) is 3.10. The van der Waals surface area contributed by atoms with E-state index in [0.717, 1.165) is 22.0 Å². The minimum Gasteiger partial charge on any atom is -0.329 e. The number of rotatable bonds is 2. The maximum absolute atomic E-state index is 8.74. The van der Waals surface area contributed by atoms with Crippen molar-refractivity contribution in [3.8, 4) is 6.07 Å². The highest BCUT2D eigenvalue weighted by atomic mass is 127. The Morgan fingerprint density at radius 3 is 3.00 bits per heavy atom. The largest absolute Gasteiger partial charge is 0.329 e. The Morgan fingerprint density at radius 2 is 2.40 bits per heavy atom. The quantitative estimate of drug-likeness (QED) is 0.631. The molecule has 0 radical (unpaired) electrons. The van der Waals surface area contributed by atoms with Gasteiger partial charge < -0.3 is 4.57 Å². The fourth-order valence-electron chi connectivity index (χ4n) is 1.61. The summed E-state index contributed by atoms with van der Waals surface area (Å²) in [7, 11) is 0. The molecular weight excluding hydrogens is 303 g/mol. The van der Waals surface area contributed by atoms with Gasteiger partial charge in [-0.3, -0.25) is 0 Å². The third kappa shape index (κ3) is 1.69. The number of halogens is 1. The third-order valence-corrected chi connectivity index (χ3v) is 3.06. The van der Waals surface area contributed by atoms with Gasteiger partial charge in [-0.1, -0.05) is 22.6 Å². The second-order valence-corrected chi connectivity index (χ2v) is 3.86. The van der Waals surface area contributed by atoms with Gasteiger partial charge in [0.05, 0.1) is 0 Å². The summed E-state index contributed by atoms with van der Waals surface area (Å²) >= 11 is 2.32. The van der Waals surface area contributed by atoms with Gasteiger partial charge in [-0.05, 0) is 13.0 Å². The fourth-order valence-corrected chi connectivity index (χ4v) is 2.24. The van der Waals surface area contributed by atoms with Gasteiger partial charge in [0.25, 0.3) is 0 Å². The first-order valence-electron chi connectivity index (χ1n) is 4.61. The predicted molar refractivity (Wildman–Crippen MR) is 65.6 cm³/mol. The molecule has 0 aromatic carbocycles. The van der Waals surface area contributed by atoms with Gasteiger partial charge in [0.1, 0.15) is 11.7 Å². The highest BCUT2D eigenvalue weighted by molar-refractivity contribution is 14.1. The molecule has 2 aromatic heterocycles. The van der Waals surface area contributed by atoms with E-state index >= 15 is 0 Å². The molecule has 0 amide bonds. The van der Waals surface area contributed by atoms with Crippen LogP contribution in [0.1, 0.15) is 18.4 Å². The van der Waals surface area contributed by atoms with E-state index in [1.807, 2.05) is 6.07 Å². The molecule has 0 fully saturated rings. The molecule has 5 heteroatoms. The molecule has 2 aromatic rings. The molecule has 0 saturated heterocycles. The molecule has 0 aliphatic rings. The van der Waals surface area contributed by atoms with Gasteiger partial charge >= 0.3 is 0 Å². The van der Waals surface area contributed by atoms with Crippen LogP contribution in [0.2, 0.25) is 0 Å². The molecule has 0 saturated carbocycles. The van der Waals surface area contributed by atoms with Crippen LogP contribution in [0.15, 0.2) is 12.3 Å². The van der Waals surface area contributed by atoms with Crippen LogP contribution in [0.3, 0.4) is 0 Å². The molecule has 0 atom stereocenters. The molecule has 2 heterocycles. The molecule has 0 aliphatic heterocycles. The first-order valence-corrected chi connectivity index (χ1v) is 6.14. The maximum Gasteiger partial charge on any atom is 0.234 e. The lowest BCUT2D eigenvalue weighted by atomic mass is 10.4. The van der Waals surface area contributed by atoms with E-state index in [0.29, 0.717) is 0 Å². The third-order valence-electron chi connectivity index (χ3n) is 2.27. The Bertz CT molecular complexity index is 538. The van der Waals surface area contributed by atoms with Crippen molar-refractivity contribution < 1.29 is 0 Å². The van der Waals surface area contributed by atoms with Crippen LogP contribution in [-0.4, -0.2) is 14.5 Å². The van der Waals surface area contributed by atoms with Gasteiger partial charge in [-0.15, -0.1) is 0 Å². The minimum absolute atomic E-state index is 0.232. The van der Waals surface area contributed by atoms with E-state index in [-0.39, 0.29) is 5.82 Å². The number of nitriles is 1. The summed E-state index contributed by atoms with van der Waals surface area (Å²) in [6.07, 6.45) is 1.71. The summed E-state index contributed by atoms with van der Waals surface area (Å²) < 4.78 is 3.05. The number of aryl methyl sites for hydroxylation is 1. The zero-order valence-electron chi connectivity index (χ0n) is 8.24. The van der Waals surface area contributed by atoms with Crippen molar-refractivity contribution >= 4 is 33.6 Å². The highest BCUT2D eigenvalue weighted by Gasteiger charge is 2.08. The molecule has 0 unspecified atom stereocenters. The van der Waals surface area contributed by atoms with Gasteiger partial charge in [0, 0.05) is 28.2 Å². The Morgan fingerprint density at radius 1 is 1.60 bits per heavy atom. The van der Waals surface area contributed by atoms with Crippen LogP contribution in [0, 0.1) is 11.3 Å². The number of alkyl halides is 1.